The maximum atomic E-state index is 12.2. The molecule has 0 bridgehead atoms. The fourth-order valence-corrected chi connectivity index (χ4v) is 2.62. The number of imide groups is 1. The zero-order valence-electron chi connectivity index (χ0n) is 15.0. The van der Waals surface area contributed by atoms with Crippen LogP contribution in [0.5, 0.6) is 11.5 Å². The minimum Gasteiger partial charge on any atom is -0.465 e. The molecule has 1 heterocycles. The fourth-order valence-electron chi connectivity index (χ4n) is 2.62. The van der Waals surface area contributed by atoms with Crippen LogP contribution in [0, 0.1) is 0 Å². The Morgan fingerprint density at radius 2 is 1.86 bits per heavy atom. The summed E-state index contributed by atoms with van der Waals surface area (Å²) < 4.78 is 10.4. The molecular formula is C20H18N2O6. The number of rotatable bonds is 7. The molecule has 28 heavy (non-hydrogen) atoms. The first-order valence-electron chi connectivity index (χ1n) is 8.43. The zero-order chi connectivity index (χ0) is 20.1. The molecule has 0 saturated carbocycles. The van der Waals surface area contributed by atoms with E-state index in [-0.39, 0.29) is 18.8 Å². The molecule has 0 unspecified atom stereocenters. The van der Waals surface area contributed by atoms with Crippen molar-refractivity contribution in [2.75, 3.05) is 25.6 Å². The van der Waals surface area contributed by atoms with Crippen LogP contribution in [0.15, 0.2) is 60.3 Å². The number of carbonyl (C=O) groups excluding carboxylic acids is 3. The number of amides is 2. The summed E-state index contributed by atoms with van der Waals surface area (Å²) in [6.07, 6.45) is 1.19. The van der Waals surface area contributed by atoms with Crippen LogP contribution in [0.25, 0.3) is 0 Å². The molecule has 8 heteroatoms. The van der Waals surface area contributed by atoms with Crippen molar-refractivity contribution in [3.8, 4) is 11.5 Å². The van der Waals surface area contributed by atoms with Gasteiger partial charge in [0.15, 0.2) is 0 Å². The van der Waals surface area contributed by atoms with E-state index in [1.165, 1.54) is 13.2 Å². The Morgan fingerprint density at radius 3 is 2.54 bits per heavy atom. The Kier molecular flexibility index (Phi) is 5.71. The standard InChI is InChI=1S/C20H18N2O6/c1-27-20(26)13-5-7-15(8-6-13)28-16-4-2-3-14(11-16)21-17-12-18(24)22(9-10-23)19(17)25/h2-8,11-12,21,23H,9-10H2,1H3. The highest BCUT2D eigenvalue weighted by atomic mass is 16.5. The largest absolute Gasteiger partial charge is 0.465 e. The predicted octanol–water partition coefficient (Wildman–Crippen LogP) is 1.92. The van der Waals surface area contributed by atoms with Crippen LogP contribution in [-0.2, 0) is 14.3 Å². The Hall–Kier alpha value is -3.65. The molecule has 2 N–H and O–H groups in total. The minimum atomic E-state index is -0.497. The second-order valence-electron chi connectivity index (χ2n) is 5.85. The lowest BCUT2D eigenvalue weighted by Crippen LogP contribution is -2.34. The number of anilines is 1. The fraction of sp³-hybridized carbons (Fsp3) is 0.150. The zero-order valence-corrected chi connectivity index (χ0v) is 15.0. The molecule has 0 spiro atoms. The molecule has 1 aliphatic heterocycles. The lowest BCUT2D eigenvalue weighted by Gasteiger charge is -2.14. The van der Waals surface area contributed by atoms with Gasteiger partial charge in [0.1, 0.15) is 17.2 Å². The molecule has 1 aliphatic rings. The summed E-state index contributed by atoms with van der Waals surface area (Å²) in [7, 11) is 1.31. The highest BCUT2D eigenvalue weighted by Gasteiger charge is 2.30. The van der Waals surface area contributed by atoms with Crippen LogP contribution < -0.4 is 10.1 Å². The van der Waals surface area contributed by atoms with Gasteiger partial charge in [-0.15, -0.1) is 0 Å². The number of nitrogens with one attached hydrogen (secondary N) is 1. The Labute approximate surface area is 161 Å². The first-order chi connectivity index (χ1) is 13.5. The molecule has 3 rings (SSSR count). The van der Waals surface area contributed by atoms with Gasteiger partial charge in [0.05, 0.1) is 25.8 Å². The van der Waals surface area contributed by atoms with Gasteiger partial charge in [0.2, 0.25) is 0 Å². The Morgan fingerprint density at radius 1 is 1.11 bits per heavy atom. The average Bonchev–Trinajstić information content (AvgIpc) is 2.96. The summed E-state index contributed by atoms with van der Waals surface area (Å²) in [6, 6.07) is 13.3. The van der Waals surface area contributed by atoms with Crippen molar-refractivity contribution in [2.24, 2.45) is 0 Å². The molecular weight excluding hydrogens is 364 g/mol. The lowest BCUT2D eigenvalue weighted by molar-refractivity contribution is -0.137. The number of β-amino-alcohol motifs (C(OH)–C–C–N with tert-alkyl or cyclic N) is 1. The maximum absolute atomic E-state index is 12.2. The van der Waals surface area contributed by atoms with Crippen LogP contribution in [-0.4, -0.2) is 48.1 Å². The second kappa shape index (κ2) is 8.36. The first kappa shape index (κ1) is 19.1. The molecule has 0 atom stereocenters. The topological polar surface area (TPSA) is 105 Å². The van der Waals surface area contributed by atoms with E-state index in [1.807, 2.05) is 0 Å². The predicted molar refractivity (Wildman–Crippen MR) is 99.8 cm³/mol. The summed E-state index contributed by atoms with van der Waals surface area (Å²) in [5.74, 6) is -0.383. The molecule has 2 aromatic rings. The van der Waals surface area contributed by atoms with Gasteiger partial charge in [0, 0.05) is 17.8 Å². The number of hydrogen-bond donors (Lipinski definition) is 2. The van der Waals surface area contributed by atoms with E-state index in [4.69, 9.17) is 9.84 Å². The minimum absolute atomic E-state index is 0.0515. The van der Waals surface area contributed by atoms with Crippen molar-refractivity contribution in [2.45, 2.75) is 0 Å². The number of nitrogens with zero attached hydrogens (tertiary/aromatic N) is 1. The molecule has 8 nitrogen and oxygen atoms in total. The number of hydrogen-bond acceptors (Lipinski definition) is 7. The van der Waals surface area contributed by atoms with E-state index >= 15 is 0 Å². The van der Waals surface area contributed by atoms with E-state index in [2.05, 4.69) is 10.1 Å². The van der Waals surface area contributed by atoms with Crippen molar-refractivity contribution < 1.29 is 29.0 Å². The van der Waals surface area contributed by atoms with Crippen LogP contribution in [0.1, 0.15) is 10.4 Å². The number of carbonyl (C=O) groups is 3. The molecule has 2 amide bonds. The molecule has 0 aromatic heterocycles. The first-order valence-corrected chi connectivity index (χ1v) is 8.43. The number of esters is 1. The Balaban J connectivity index is 1.69. The van der Waals surface area contributed by atoms with Crippen molar-refractivity contribution >= 4 is 23.5 Å². The molecule has 0 radical (unpaired) electrons. The summed E-state index contributed by atoms with van der Waals surface area (Å²) in [6.45, 7) is -0.346. The van der Waals surface area contributed by atoms with Crippen LogP contribution in [0.4, 0.5) is 5.69 Å². The van der Waals surface area contributed by atoms with Gasteiger partial charge in [-0.3, -0.25) is 14.5 Å². The highest BCUT2D eigenvalue weighted by Crippen LogP contribution is 2.26. The number of ether oxygens (including phenoxy) is 2. The van der Waals surface area contributed by atoms with Crippen molar-refractivity contribution in [3.05, 3.63) is 65.9 Å². The summed E-state index contributed by atoms with van der Waals surface area (Å²) in [5, 5.41) is 11.8. The summed E-state index contributed by atoms with van der Waals surface area (Å²) in [4.78, 5) is 36.4. The molecule has 0 saturated heterocycles. The monoisotopic (exact) mass is 382 g/mol. The molecule has 0 fully saturated rings. The SMILES string of the molecule is COC(=O)c1ccc(Oc2cccc(NC3=CC(=O)N(CCO)C3=O)c2)cc1. The normalized spacial score (nSPS) is 13.4. The number of methoxy groups -OCH3 is 1. The van der Waals surface area contributed by atoms with Crippen molar-refractivity contribution in [1.29, 1.82) is 0 Å². The quantitative estimate of drug-likeness (QED) is 0.557. The van der Waals surface area contributed by atoms with Gasteiger partial charge in [0.25, 0.3) is 11.8 Å². The summed E-state index contributed by atoms with van der Waals surface area (Å²) in [5.41, 5.74) is 1.09. The van der Waals surface area contributed by atoms with E-state index in [0.717, 1.165) is 4.90 Å². The van der Waals surface area contributed by atoms with E-state index in [1.54, 1.807) is 48.5 Å². The highest BCUT2D eigenvalue weighted by molar-refractivity contribution is 6.17. The van der Waals surface area contributed by atoms with Crippen LogP contribution >= 0.6 is 0 Å². The third-order valence-electron chi connectivity index (χ3n) is 3.96. The number of aliphatic hydroxyl groups excluding tert-OH is 1. The van der Waals surface area contributed by atoms with Gasteiger partial charge < -0.3 is 19.9 Å². The van der Waals surface area contributed by atoms with Gasteiger partial charge in [-0.25, -0.2) is 4.79 Å². The van der Waals surface area contributed by atoms with E-state index in [9.17, 15) is 14.4 Å². The van der Waals surface area contributed by atoms with Gasteiger partial charge in [-0.1, -0.05) is 6.07 Å². The number of aliphatic hydroxyl groups is 1. The van der Waals surface area contributed by atoms with Gasteiger partial charge >= 0.3 is 5.97 Å². The smallest absolute Gasteiger partial charge is 0.337 e. The van der Waals surface area contributed by atoms with E-state index in [0.29, 0.717) is 22.7 Å². The van der Waals surface area contributed by atoms with Gasteiger partial charge in [-0.2, -0.15) is 0 Å². The molecule has 2 aromatic carbocycles. The third kappa shape index (κ3) is 4.18. The second-order valence-corrected chi connectivity index (χ2v) is 5.85. The van der Waals surface area contributed by atoms with Crippen molar-refractivity contribution in [3.63, 3.8) is 0 Å². The van der Waals surface area contributed by atoms with Crippen LogP contribution in [0.2, 0.25) is 0 Å². The molecule has 0 aliphatic carbocycles. The Bertz CT molecular complexity index is 936. The van der Waals surface area contributed by atoms with Crippen LogP contribution in [0.3, 0.4) is 0 Å². The maximum Gasteiger partial charge on any atom is 0.337 e. The molecule has 144 valence electrons. The third-order valence-corrected chi connectivity index (χ3v) is 3.96. The van der Waals surface area contributed by atoms with Gasteiger partial charge in [-0.05, 0) is 36.4 Å². The lowest BCUT2D eigenvalue weighted by atomic mass is 10.2. The van der Waals surface area contributed by atoms with Crippen molar-refractivity contribution in [1.82, 2.24) is 4.90 Å². The van der Waals surface area contributed by atoms with E-state index < -0.39 is 17.8 Å². The summed E-state index contributed by atoms with van der Waals surface area (Å²) >= 11 is 0. The number of benzene rings is 2. The average molecular weight is 382 g/mol.